The third kappa shape index (κ3) is 9.09. The fourth-order valence-corrected chi connectivity index (χ4v) is 2.30. The van der Waals surface area contributed by atoms with Gasteiger partial charge in [0.15, 0.2) is 0 Å². The molecule has 0 aromatic heterocycles. The van der Waals surface area contributed by atoms with E-state index in [2.05, 4.69) is 16.0 Å². The van der Waals surface area contributed by atoms with Crippen LogP contribution in [0.2, 0.25) is 0 Å². The molecule has 0 fully saturated rings. The molecule has 0 saturated heterocycles. The van der Waals surface area contributed by atoms with Crippen LogP contribution in [0.15, 0.2) is 30.3 Å². The molecular formula is C20H29N3O6. The minimum Gasteiger partial charge on any atom is -0.480 e. The molecule has 29 heavy (non-hydrogen) atoms. The summed E-state index contributed by atoms with van der Waals surface area (Å²) >= 11 is 0. The molecule has 1 rings (SSSR count). The Bertz CT molecular complexity index is 729. The molecule has 0 radical (unpaired) electrons. The number of ether oxygens (including phenoxy) is 1. The van der Waals surface area contributed by atoms with Gasteiger partial charge in [0, 0.05) is 6.42 Å². The summed E-state index contributed by atoms with van der Waals surface area (Å²) in [5, 5.41) is 16.6. The van der Waals surface area contributed by atoms with Gasteiger partial charge in [-0.25, -0.2) is 9.59 Å². The van der Waals surface area contributed by atoms with Gasteiger partial charge >= 0.3 is 12.1 Å². The van der Waals surface area contributed by atoms with Crippen LogP contribution in [0.25, 0.3) is 0 Å². The van der Waals surface area contributed by atoms with E-state index in [1.165, 1.54) is 13.8 Å². The molecule has 0 unspecified atom stereocenters. The molecule has 0 saturated carbocycles. The van der Waals surface area contributed by atoms with Crippen LogP contribution in [-0.4, -0.2) is 52.7 Å². The maximum Gasteiger partial charge on any atom is 0.408 e. The fraction of sp³-hybridized carbons (Fsp3) is 0.500. The molecule has 0 bridgehead atoms. The van der Waals surface area contributed by atoms with Gasteiger partial charge in [-0.05, 0) is 40.2 Å². The van der Waals surface area contributed by atoms with Crippen molar-refractivity contribution in [3.8, 4) is 0 Å². The highest BCUT2D eigenvalue weighted by Gasteiger charge is 2.26. The molecule has 0 aliphatic rings. The van der Waals surface area contributed by atoms with Gasteiger partial charge in [0.2, 0.25) is 11.8 Å². The van der Waals surface area contributed by atoms with Gasteiger partial charge in [0.05, 0.1) is 0 Å². The van der Waals surface area contributed by atoms with Crippen molar-refractivity contribution in [2.75, 3.05) is 0 Å². The van der Waals surface area contributed by atoms with Crippen LogP contribution < -0.4 is 16.0 Å². The predicted octanol–water partition coefficient (Wildman–Crippen LogP) is 1.22. The standard InChI is InChI=1S/C20H29N3O6/c1-12(21-16(24)13(2)22-19(28)29-20(3,4)5)17(25)23-15(18(26)27)11-14-9-7-6-8-10-14/h6-10,12-13,15H,11H2,1-5H3,(H,21,24)(H,22,28)(H,23,25)(H,26,27)/t12-,13-,15-/m0/s1. The van der Waals surface area contributed by atoms with Crippen LogP contribution in [0, 0.1) is 0 Å². The van der Waals surface area contributed by atoms with Gasteiger partial charge in [0.1, 0.15) is 23.7 Å². The third-order valence-corrected chi connectivity index (χ3v) is 3.78. The Morgan fingerprint density at radius 1 is 0.931 bits per heavy atom. The Labute approximate surface area is 170 Å². The summed E-state index contributed by atoms with van der Waals surface area (Å²) in [6.45, 7) is 7.95. The van der Waals surface area contributed by atoms with E-state index in [9.17, 15) is 24.3 Å². The average molecular weight is 407 g/mol. The Morgan fingerprint density at radius 2 is 1.45 bits per heavy atom. The van der Waals surface area contributed by atoms with Gasteiger partial charge in [-0.15, -0.1) is 0 Å². The summed E-state index contributed by atoms with van der Waals surface area (Å²) in [5.74, 6) is -2.43. The second-order valence-corrected chi connectivity index (χ2v) is 7.69. The lowest BCUT2D eigenvalue weighted by Gasteiger charge is -2.23. The van der Waals surface area contributed by atoms with Crippen LogP contribution >= 0.6 is 0 Å². The zero-order chi connectivity index (χ0) is 22.2. The zero-order valence-electron chi connectivity index (χ0n) is 17.3. The van der Waals surface area contributed by atoms with Crippen molar-refractivity contribution in [1.29, 1.82) is 0 Å². The molecule has 0 heterocycles. The summed E-state index contributed by atoms with van der Waals surface area (Å²) in [6.07, 6.45) is -0.648. The average Bonchev–Trinajstić information content (AvgIpc) is 2.59. The van der Waals surface area contributed by atoms with Crippen molar-refractivity contribution in [3.05, 3.63) is 35.9 Å². The molecule has 0 spiro atoms. The maximum absolute atomic E-state index is 12.3. The Kier molecular flexibility index (Phi) is 8.62. The minimum absolute atomic E-state index is 0.110. The van der Waals surface area contributed by atoms with Crippen molar-refractivity contribution >= 4 is 23.9 Å². The number of nitrogens with one attached hydrogen (secondary N) is 3. The Balaban J connectivity index is 2.59. The number of carboxylic acids is 1. The lowest BCUT2D eigenvalue weighted by Crippen LogP contribution is -2.54. The van der Waals surface area contributed by atoms with Crippen LogP contribution in [0.5, 0.6) is 0 Å². The minimum atomic E-state index is -1.18. The van der Waals surface area contributed by atoms with Crippen molar-refractivity contribution < 1.29 is 29.0 Å². The molecule has 9 heteroatoms. The van der Waals surface area contributed by atoms with E-state index in [1.54, 1.807) is 45.0 Å². The highest BCUT2D eigenvalue weighted by Crippen LogP contribution is 2.07. The van der Waals surface area contributed by atoms with E-state index in [-0.39, 0.29) is 6.42 Å². The molecule has 1 aromatic carbocycles. The normalized spacial score (nSPS) is 14.1. The predicted molar refractivity (Wildman–Crippen MR) is 106 cm³/mol. The second-order valence-electron chi connectivity index (χ2n) is 7.69. The Morgan fingerprint density at radius 3 is 1.97 bits per heavy atom. The van der Waals surface area contributed by atoms with Gasteiger partial charge in [-0.3, -0.25) is 9.59 Å². The summed E-state index contributed by atoms with van der Waals surface area (Å²) in [6, 6.07) is 5.80. The molecule has 0 aliphatic heterocycles. The summed E-state index contributed by atoms with van der Waals surface area (Å²) < 4.78 is 5.07. The Hall–Kier alpha value is -3.10. The van der Waals surface area contributed by atoms with Crippen LogP contribution in [-0.2, 0) is 25.5 Å². The van der Waals surface area contributed by atoms with Gasteiger partial charge in [-0.1, -0.05) is 30.3 Å². The van der Waals surface area contributed by atoms with E-state index in [1.807, 2.05) is 6.07 Å². The van der Waals surface area contributed by atoms with E-state index in [0.717, 1.165) is 5.56 Å². The van der Waals surface area contributed by atoms with Crippen LogP contribution in [0.3, 0.4) is 0 Å². The monoisotopic (exact) mass is 407 g/mol. The number of aliphatic carboxylic acids is 1. The lowest BCUT2D eigenvalue weighted by molar-refractivity contribution is -0.142. The molecule has 9 nitrogen and oxygen atoms in total. The van der Waals surface area contributed by atoms with Crippen molar-refractivity contribution in [2.45, 2.75) is 64.8 Å². The first-order valence-electron chi connectivity index (χ1n) is 9.26. The molecule has 4 N–H and O–H groups in total. The zero-order valence-corrected chi connectivity index (χ0v) is 17.3. The van der Waals surface area contributed by atoms with E-state index >= 15 is 0 Å². The van der Waals surface area contributed by atoms with E-state index in [0.29, 0.717) is 0 Å². The number of carbonyl (C=O) groups excluding carboxylic acids is 3. The van der Waals surface area contributed by atoms with Crippen molar-refractivity contribution in [3.63, 3.8) is 0 Å². The molecule has 0 aliphatic carbocycles. The highest BCUT2D eigenvalue weighted by molar-refractivity contribution is 5.92. The quantitative estimate of drug-likeness (QED) is 0.512. The summed E-state index contributed by atoms with van der Waals surface area (Å²) in [5.41, 5.74) is 0.0463. The van der Waals surface area contributed by atoms with E-state index < -0.39 is 47.6 Å². The van der Waals surface area contributed by atoms with Crippen LogP contribution in [0.1, 0.15) is 40.2 Å². The molecule has 3 amide bonds. The van der Waals surface area contributed by atoms with Gasteiger partial charge in [0.25, 0.3) is 0 Å². The number of carbonyl (C=O) groups is 4. The molecule has 3 atom stereocenters. The summed E-state index contributed by atoms with van der Waals surface area (Å²) in [4.78, 5) is 47.7. The third-order valence-electron chi connectivity index (χ3n) is 3.78. The first kappa shape index (κ1) is 23.9. The smallest absolute Gasteiger partial charge is 0.408 e. The fourth-order valence-electron chi connectivity index (χ4n) is 2.30. The topological polar surface area (TPSA) is 134 Å². The first-order valence-corrected chi connectivity index (χ1v) is 9.26. The highest BCUT2D eigenvalue weighted by atomic mass is 16.6. The molecular weight excluding hydrogens is 378 g/mol. The summed E-state index contributed by atoms with van der Waals surface area (Å²) in [7, 11) is 0. The van der Waals surface area contributed by atoms with Gasteiger partial charge < -0.3 is 25.8 Å². The molecule has 160 valence electrons. The van der Waals surface area contributed by atoms with Crippen molar-refractivity contribution in [1.82, 2.24) is 16.0 Å². The van der Waals surface area contributed by atoms with Gasteiger partial charge in [-0.2, -0.15) is 0 Å². The second kappa shape index (κ2) is 10.4. The van der Waals surface area contributed by atoms with Crippen molar-refractivity contribution in [2.24, 2.45) is 0 Å². The number of benzene rings is 1. The lowest BCUT2D eigenvalue weighted by atomic mass is 10.1. The number of alkyl carbamates (subject to hydrolysis) is 1. The SMILES string of the molecule is C[C@H](NC(=O)OC(C)(C)C)C(=O)N[C@@H](C)C(=O)N[C@@H](Cc1ccccc1)C(=O)O. The number of amides is 3. The number of hydrogen-bond donors (Lipinski definition) is 4. The molecule has 1 aromatic rings. The maximum atomic E-state index is 12.3. The number of rotatable bonds is 8. The van der Waals surface area contributed by atoms with E-state index in [4.69, 9.17) is 4.74 Å². The number of hydrogen-bond acceptors (Lipinski definition) is 5. The number of carboxylic acid groups (broad SMARTS) is 1. The van der Waals surface area contributed by atoms with Crippen LogP contribution in [0.4, 0.5) is 4.79 Å². The largest absolute Gasteiger partial charge is 0.480 e. The first-order chi connectivity index (χ1) is 13.4.